The van der Waals surface area contributed by atoms with Gasteiger partial charge >= 0.3 is 0 Å². The lowest BCUT2D eigenvalue weighted by Crippen LogP contribution is -2.70. The average molecular weight is 300 g/mol. The van der Waals surface area contributed by atoms with Gasteiger partial charge in [0, 0.05) is 18.3 Å². The molecule has 6 heteroatoms. The molecule has 0 aromatic heterocycles. The Balaban J connectivity index is 1.79. The van der Waals surface area contributed by atoms with Gasteiger partial charge in [0.15, 0.2) is 18.2 Å². The Bertz CT molecular complexity index is 430. The Morgan fingerprint density at radius 2 is 1.90 bits per heavy atom. The lowest BCUT2D eigenvalue weighted by molar-refractivity contribution is -0.584. The first-order valence-electron chi connectivity index (χ1n) is 8.00. The first-order valence-corrected chi connectivity index (χ1v) is 8.00. The molecule has 5 aliphatic rings. The molecule has 1 aliphatic carbocycles. The van der Waals surface area contributed by atoms with Gasteiger partial charge in [-0.25, -0.2) is 19.9 Å². The van der Waals surface area contributed by atoms with Crippen molar-refractivity contribution in [3.05, 3.63) is 0 Å². The second-order valence-corrected chi connectivity index (χ2v) is 7.38. The molecule has 0 aromatic rings. The van der Waals surface area contributed by atoms with E-state index in [1.54, 1.807) is 0 Å². The van der Waals surface area contributed by atoms with Crippen LogP contribution >= 0.6 is 0 Å². The zero-order valence-electron chi connectivity index (χ0n) is 12.8. The molecule has 5 unspecified atom stereocenters. The van der Waals surface area contributed by atoms with Crippen molar-refractivity contribution < 1.29 is 29.4 Å². The van der Waals surface area contributed by atoms with Crippen molar-refractivity contribution in [2.75, 3.05) is 0 Å². The van der Waals surface area contributed by atoms with Crippen LogP contribution in [0.25, 0.3) is 0 Å². The summed E-state index contributed by atoms with van der Waals surface area (Å²) in [5, 5.41) is 9.15. The van der Waals surface area contributed by atoms with Gasteiger partial charge in [-0.15, -0.1) is 0 Å². The van der Waals surface area contributed by atoms with Crippen LogP contribution in [0, 0.1) is 23.7 Å². The lowest BCUT2D eigenvalue weighted by atomic mass is 9.58. The maximum Gasteiger partial charge on any atom is 0.201 e. The molecule has 0 radical (unpaired) electrons. The quantitative estimate of drug-likeness (QED) is 0.593. The van der Waals surface area contributed by atoms with E-state index in [4.69, 9.17) is 24.5 Å². The summed E-state index contributed by atoms with van der Waals surface area (Å²) in [5.41, 5.74) is -0.581. The van der Waals surface area contributed by atoms with Crippen molar-refractivity contribution in [1.82, 2.24) is 0 Å². The van der Waals surface area contributed by atoms with Crippen LogP contribution in [0.4, 0.5) is 0 Å². The van der Waals surface area contributed by atoms with E-state index in [-0.39, 0.29) is 11.8 Å². The van der Waals surface area contributed by atoms with E-state index in [0.717, 1.165) is 25.7 Å². The van der Waals surface area contributed by atoms with Crippen LogP contribution in [0.15, 0.2) is 0 Å². The highest BCUT2D eigenvalue weighted by Crippen LogP contribution is 2.60. The van der Waals surface area contributed by atoms with Gasteiger partial charge in [-0.2, -0.15) is 0 Å². The first-order chi connectivity index (χ1) is 10.00. The van der Waals surface area contributed by atoms with Crippen molar-refractivity contribution in [2.24, 2.45) is 23.7 Å². The van der Waals surface area contributed by atoms with Crippen LogP contribution in [0.3, 0.4) is 0 Å². The first kappa shape index (κ1) is 14.4. The number of fused-ring (bicyclic) bond motifs is 2. The van der Waals surface area contributed by atoms with E-state index in [9.17, 15) is 0 Å². The van der Waals surface area contributed by atoms with Crippen LogP contribution in [-0.2, 0) is 24.1 Å². The smallest absolute Gasteiger partial charge is 0.201 e. The fraction of sp³-hybridized carbons (Fsp3) is 1.00. The van der Waals surface area contributed by atoms with Gasteiger partial charge in [-0.3, -0.25) is 0 Å². The summed E-state index contributed by atoms with van der Waals surface area (Å²) in [4.78, 5) is 16.2. The van der Waals surface area contributed by atoms with Crippen molar-refractivity contribution in [3.8, 4) is 0 Å². The second-order valence-electron chi connectivity index (χ2n) is 7.38. The van der Waals surface area contributed by atoms with Crippen LogP contribution in [0.5, 0.6) is 0 Å². The molecule has 6 nitrogen and oxygen atoms in total. The van der Waals surface area contributed by atoms with Gasteiger partial charge in [0.1, 0.15) is 0 Å². The normalized spacial score (nSPS) is 59.4. The van der Waals surface area contributed by atoms with Gasteiger partial charge in [0.05, 0.1) is 0 Å². The summed E-state index contributed by atoms with van der Waals surface area (Å²) in [6, 6.07) is 0. The molecule has 5 rings (SSSR count). The van der Waals surface area contributed by atoms with E-state index < -0.39 is 24.0 Å². The zero-order valence-corrected chi connectivity index (χ0v) is 12.8. The Morgan fingerprint density at radius 1 is 1.10 bits per heavy atom. The average Bonchev–Trinajstić information content (AvgIpc) is 2.69. The van der Waals surface area contributed by atoms with E-state index in [0.29, 0.717) is 11.8 Å². The third kappa shape index (κ3) is 1.81. The molecule has 1 saturated carbocycles. The topological polar surface area (TPSA) is 66.4 Å². The molecule has 0 amide bonds. The SMILES string of the molecule is CC1C(OO)OC2OC3(C)CC[C@H]4[C@H](C)CCC1[C@@]24OO3. The summed E-state index contributed by atoms with van der Waals surface area (Å²) in [5.74, 6) is 0.317. The molecule has 4 saturated heterocycles. The number of ether oxygens (including phenoxy) is 2. The number of hydrogen-bond donors (Lipinski definition) is 1. The summed E-state index contributed by atoms with van der Waals surface area (Å²) in [6.45, 7) is 6.19. The predicted molar refractivity (Wildman–Crippen MR) is 70.5 cm³/mol. The zero-order chi connectivity index (χ0) is 14.8. The van der Waals surface area contributed by atoms with E-state index in [1.807, 2.05) is 13.8 Å². The van der Waals surface area contributed by atoms with Gasteiger partial charge in [-0.05, 0) is 38.0 Å². The fourth-order valence-corrected chi connectivity index (χ4v) is 4.99. The maximum absolute atomic E-state index is 9.15. The van der Waals surface area contributed by atoms with Crippen LogP contribution in [-0.4, -0.2) is 29.2 Å². The van der Waals surface area contributed by atoms with Crippen molar-refractivity contribution in [3.63, 3.8) is 0 Å². The fourth-order valence-electron chi connectivity index (χ4n) is 4.99. The Labute approximate surface area is 124 Å². The molecule has 8 atom stereocenters. The number of rotatable bonds is 1. The van der Waals surface area contributed by atoms with Crippen molar-refractivity contribution in [1.29, 1.82) is 0 Å². The predicted octanol–water partition coefficient (Wildman–Crippen LogP) is 2.68. The third-order valence-electron chi connectivity index (χ3n) is 6.20. The standard InChI is InChI=1S/C15H24O6/c1-8-4-5-11-9(2)12(19-16)17-13-15(11)10(8)6-7-14(3,18-13)20-21-15/h8-13,16H,4-7H2,1-3H3/t8-,9?,10+,11?,12?,13?,14?,15-/m1/s1. The molecule has 120 valence electrons. The number of hydrogen-bond acceptors (Lipinski definition) is 6. The Morgan fingerprint density at radius 3 is 2.67 bits per heavy atom. The monoisotopic (exact) mass is 300 g/mol. The Hall–Kier alpha value is -0.240. The summed E-state index contributed by atoms with van der Waals surface area (Å²) >= 11 is 0. The van der Waals surface area contributed by atoms with E-state index >= 15 is 0 Å². The highest BCUT2D eigenvalue weighted by molar-refractivity contribution is 5.08. The van der Waals surface area contributed by atoms with Crippen LogP contribution < -0.4 is 0 Å². The molecule has 4 aliphatic heterocycles. The Kier molecular flexibility index (Phi) is 3.17. The minimum absolute atomic E-state index is 0.0240. The molecule has 2 bridgehead atoms. The molecule has 1 spiro atoms. The van der Waals surface area contributed by atoms with Crippen molar-refractivity contribution in [2.45, 2.75) is 70.4 Å². The summed E-state index contributed by atoms with van der Waals surface area (Å²) < 4.78 is 12.0. The molecule has 21 heavy (non-hydrogen) atoms. The minimum Gasteiger partial charge on any atom is -0.317 e. The third-order valence-corrected chi connectivity index (χ3v) is 6.20. The lowest BCUT2D eigenvalue weighted by Gasteiger charge is -2.59. The summed E-state index contributed by atoms with van der Waals surface area (Å²) in [6.07, 6.45) is 2.71. The minimum atomic E-state index is -0.780. The van der Waals surface area contributed by atoms with Crippen LogP contribution in [0.1, 0.15) is 46.5 Å². The van der Waals surface area contributed by atoms with Crippen molar-refractivity contribution >= 4 is 0 Å². The molecule has 0 aromatic carbocycles. The highest BCUT2D eigenvalue weighted by atomic mass is 17.3. The largest absolute Gasteiger partial charge is 0.317 e. The molecular weight excluding hydrogens is 276 g/mol. The van der Waals surface area contributed by atoms with Gasteiger partial charge in [0.25, 0.3) is 0 Å². The van der Waals surface area contributed by atoms with E-state index in [2.05, 4.69) is 11.8 Å². The molecule has 5 fully saturated rings. The van der Waals surface area contributed by atoms with Crippen LogP contribution in [0.2, 0.25) is 0 Å². The van der Waals surface area contributed by atoms with Gasteiger partial charge in [0.2, 0.25) is 5.79 Å². The summed E-state index contributed by atoms with van der Waals surface area (Å²) in [7, 11) is 0. The van der Waals surface area contributed by atoms with Gasteiger partial charge in [-0.1, -0.05) is 13.8 Å². The molecule has 1 N–H and O–H groups in total. The molecular formula is C15H24O6. The highest BCUT2D eigenvalue weighted by Gasteiger charge is 2.69. The second kappa shape index (κ2) is 4.63. The maximum atomic E-state index is 9.15. The van der Waals surface area contributed by atoms with Gasteiger partial charge < -0.3 is 9.47 Å². The van der Waals surface area contributed by atoms with E-state index in [1.165, 1.54) is 0 Å². The molecule has 4 heterocycles.